The van der Waals surface area contributed by atoms with Gasteiger partial charge in [-0.3, -0.25) is 10.1 Å². The van der Waals surface area contributed by atoms with E-state index in [4.69, 9.17) is 4.74 Å². The number of non-ortho nitro benzene ring substituents is 1. The minimum absolute atomic E-state index is 0.000662. The number of ether oxygens (including phenoxy) is 1. The first-order valence-electron chi connectivity index (χ1n) is 4.53. The number of hydrogen-bond acceptors (Lipinski definition) is 4. The Kier molecular flexibility index (Phi) is 2.55. The Hall–Kier alpha value is -2.37. The second-order valence-corrected chi connectivity index (χ2v) is 3.08. The number of rotatable bonds is 3. The lowest BCUT2D eigenvalue weighted by molar-refractivity contribution is -0.384. The Morgan fingerprint density at radius 3 is 2.88 bits per heavy atom. The number of methoxy groups -OCH3 is 1. The van der Waals surface area contributed by atoms with E-state index in [0.29, 0.717) is 11.4 Å². The maximum absolute atomic E-state index is 10.6. The quantitative estimate of drug-likeness (QED) is 0.582. The topological polar surface area (TPSA) is 70.2 Å². The first-order chi connectivity index (χ1) is 7.72. The summed E-state index contributed by atoms with van der Waals surface area (Å²) in [6.07, 6.45) is 4.97. The average molecular weight is 219 g/mol. The SMILES string of the molecule is COc1cc([N+](=O)[O-])ccc1-n1ccnc1. The van der Waals surface area contributed by atoms with Gasteiger partial charge in [0.25, 0.3) is 5.69 Å². The second kappa shape index (κ2) is 4.01. The van der Waals surface area contributed by atoms with Gasteiger partial charge in [0, 0.05) is 18.5 Å². The Labute approximate surface area is 91.3 Å². The van der Waals surface area contributed by atoms with E-state index in [-0.39, 0.29) is 5.69 Å². The zero-order chi connectivity index (χ0) is 11.5. The molecule has 1 aromatic heterocycles. The fourth-order valence-corrected chi connectivity index (χ4v) is 1.39. The molecule has 0 aliphatic rings. The first kappa shape index (κ1) is 10.2. The van der Waals surface area contributed by atoms with Crippen molar-refractivity contribution in [2.24, 2.45) is 0 Å². The third-order valence-corrected chi connectivity index (χ3v) is 2.16. The summed E-state index contributed by atoms with van der Waals surface area (Å²) >= 11 is 0. The minimum atomic E-state index is -0.458. The molecule has 0 spiro atoms. The molecule has 0 saturated heterocycles. The Morgan fingerprint density at radius 2 is 2.31 bits per heavy atom. The highest BCUT2D eigenvalue weighted by molar-refractivity contribution is 5.53. The van der Waals surface area contributed by atoms with Crippen LogP contribution in [-0.4, -0.2) is 21.6 Å². The van der Waals surface area contributed by atoms with Crippen molar-refractivity contribution in [2.75, 3.05) is 7.11 Å². The van der Waals surface area contributed by atoms with Gasteiger partial charge in [-0.25, -0.2) is 4.98 Å². The molecule has 0 amide bonds. The number of nitrogens with zero attached hydrogens (tertiary/aromatic N) is 3. The minimum Gasteiger partial charge on any atom is -0.494 e. The van der Waals surface area contributed by atoms with Crippen LogP contribution in [0.4, 0.5) is 5.69 Å². The van der Waals surface area contributed by atoms with Crippen LogP contribution in [0.1, 0.15) is 0 Å². The third kappa shape index (κ3) is 1.72. The van der Waals surface area contributed by atoms with Crippen molar-refractivity contribution in [3.05, 3.63) is 47.0 Å². The molecule has 0 unspecified atom stereocenters. The van der Waals surface area contributed by atoms with Crippen LogP contribution >= 0.6 is 0 Å². The number of nitro groups is 1. The Bertz CT molecular complexity index is 508. The monoisotopic (exact) mass is 219 g/mol. The molecule has 1 heterocycles. The lowest BCUT2D eigenvalue weighted by atomic mass is 10.2. The van der Waals surface area contributed by atoms with Crippen LogP contribution in [0.25, 0.3) is 5.69 Å². The number of hydrogen-bond donors (Lipinski definition) is 0. The summed E-state index contributed by atoms with van der Waals surface area (Å²) in [4.78, 5) is 14.0. The predicted octanol–water partition coefficient (Wildman–Crippen LogP) is 1.79. The normalized spacial score (nSPS) is 10.1. The highest BCUT2D eigenvalue weighted by Gasteiger charge is 2.11. The van der Waals surface area contributed by atoms with Crippen molar-refractivity contribution < 1.29 is 9.66 Å². The number of benzene rings is 1. The van der Waals surface area contributed by atoms with E-state index in [9.17, 15) is 10.1 Å². The van der Waals surface area contributed by atoms with Crippen LogP contribution in [0.2, 0.25) is 0 Å². The molecule has 0 N–H and O–H groups in total. The van der Waals surface area contributed by atoms with E-state index in [1.165, 1.54) is 19.2 Å². The molecular weight excluding hydrogens is 210 g/mol. The molecule has 2 aromatic rings. The van der Waals surface area contributed by atoms with Crippen molar-refractivity contribution in [2.45, 2.75) is 0 Å². The maximum atomic E-state index is 10.6. The van der Waals surface area contributed by atoms with Gasteiger partial charge in [0.15, 0.2) is 0 Å². The molecule has 0 bridgehead atoms. The van der Waals surface area contributed by atoms with Crippen molar-refractivity contribution in [3.8, 4) is 11.4 Å². The summed E-state index contributed by atoms with van der Waals surface area (Å²) in [5, 5.41) is 10.6. The zero-order valence-corrected chi connectivity index (χ0v) is 8.53. The summed E-state index contributed by atoms with van der Waals surface area (Å²) in [7, 11) is 1.47. The predicted molar refractivity (Wildman–Crippen MR) is 56.8 cm³/mol. The van der Waals surface area contributed by atoms with Gasteiger partial charge in [0.2, 0.25) is 0 Å². The van der Waals surface area contributed by atoms with E-state index < -0.39 is 4.92 Å². The molecule has 0 aliphatic carbocycles. The summed E-state index contributed by atoms with van der Waals surface area (Å²) in [5.41, 5.74) is 0.714. The van der Waals surface area contributed by atoms with Crippen molar-refractivity contribution in [3.63, 3.8) is 0 Å². The largest absolute Gasteiger partial charge is 0.494 e. The average Bonchev–Trinajstić information content (AvgIpc) is 2.81. The molecular formula is C10H9N3O3. The highest BCUT2D eigenvalue weighted by atomic mass is 16.6. The molecule has 82 valence electrons. The van der Waals surface area contributed by atoms with Gasteiger partial charge < -0.3 is 9.30 Å². The van der Waals surface area contributed by atoms with Gasteiger partial charge in [-0.05, 0) is 6.07 Å². The van der Waals surface area contributed by atoms with E-state index in [2.05, 4.69) is 4.98 Å². The van der Waals surface area contributed by atoms with Gasteiger partial charge in [-0.15, -0.1) is 0 Å². The first-order valence-corrected chi connectivity index (χ1v) is 4.53. The zero-order valence-electron chi connectivity index (χ0n) is 8.53. The Balaban J connectivity index is 2.51. The number of nitro benzene ring substituents is 1. The summed E-state index contributed by atoms with van der Waals surface area (Å²) < 4.78 is 6.83. The van der Waals surface area contributed by atoms with Crippen LogP contribution < -0.4 is 4.74 Å². The van der Waals surface area contributed by atoms with Crippen LogP contribution in [0.3, 0.4) is 0 Å². The number of aromatic nitrogens is 2. The van der Waals surface area contributed by atoms with Gasteiger partial charge in [-0.1, -0.05) is 0 Å². The summed E-state index contributed by atoms with van der Waals surface area (Å²) in [6.45, 7) is 0. The third-order valence-electron chi connectivity index (χ3n) is 2.16. The van der Waals surface area contributed by atoms with Crippen LogP contribution in [0.15, 0.2) is 36.9 Å². The molecule has 0 atom stereocenters. The highest BCUT2D eigenvalue weighted by Crippen LogP contribution is 2.27. The van der Waals surface area contributed by atoms with Crippen molar-refractivity contribution in [1.29, 1.82) is 0 Å². The Morgan fingerprint density at radius 1 is 1.50 bits per heavy atom. The van der Waals surface area contributed by atoms with E-state index in [0.717, 1.165) is 0 Å². The van der Waals surface area contributed by atoms with E-state index >= 15 is 0 Å². The summed E-state index contributed by atoms with van der Waals surface area (Å²) in [6, 6.07) is 4.44. The van der Waals surface area contributed by atoms with Crippen molar-refractivity contribution >= 4 is 5.69 Å². The fourth-order valence-electron chi connectivity index (χ4n) is 1.39. The smallest absolute Gasteiger partial charge is 0.273 e. The molecule has 16 heavy (non-hydrogen) atoms. The van der Waals surface area contributed by atoms with Crippen LogP contribution in [0.5, 0.6) is 5.75 Å². The van der Waals surface area contributed by atoms with Crippen LogP contribution in [0, 0.1) is 10.1 Å². The van der Waals surface area contributed by atoms with Gasteiger partial charge in [0.1, 0.15) is 5.75 Å². The molecule has 0 aliphatic heterocycles. The van der Waals surface area contributed by atoms with E-state index in [1.54, 1.807) is 29.4 Å². The maximum Gasteiger partial charge on any atom is 0.273 e. The molecule has 6 nitrogen and oxygen atoms in total. The lowest BCUT2D eigenvalue weighted by Gasteiger charge is -2.08. The number of imidazole rings is 1. The van der Waals surface area contributed by atoms with Gasteiger partial charge in [0.05, 0.1) is 30.1 Å². The van der Waals surface area contributed by atoms with Gasteiger partial charge in [-0.2, -0.15) is 0 Å². The van der Waals surface area contributed by atoms with E-state index in [1.807, 2.05) is 0 Å². The molecule has 0 saturated carbocycles. The molecule has 0 radical (unpaired) electrons. The standard InChI is InChI=1S/C10H9N3O3/c1-16-10-6-8(13(14)15)2-3-9(10)12-5-4-11-7-12/h2-7H,1H3. The summed E-state index contributed by atoms with van der Waals surface area (Å²) in [5.74, 6) is 0.437. The van der Waals surface area contributed by atoms with Crippen molar-refractivity contribution in [1.82, 2.24) is 9.55 Å². The molecule has 1 aromatic carbocycles. The molecule has 0 fully saturated rings. The molecule has 2 rings (SSSR count). The second-order valence-electron chi connectivity index (χ2n) is 3.08. The molecule has 6 heteroatoms. The van der Waals surface area contributed by atoms with Gasteiger partial charge >= 0.3 is 0 Å². The van der Waals surface area contributed by atoms with Crippen LogP contribution in [-0.2, 0) is 0 Å². The lowest BCUT2D eigenvalue weighted by Crippen LogP contribution is -1.97. The fraction of sp³-hybridized carbons (Fsp3) is 0.100.